The number of aromatic nitrogens is 1. The van der Waals surface area contributed by atoms with E-state index in [2.05, 4.69) is 33.5 Å². The van der Waals surface area contributed by atoms with Crippen molar-refractivity contribution in [2.45, 2.75) is 13.1 Å². The Bertz CT molecular complexity index is 869. The number of benzene rings is 2. The minimum Gasteiger partial charge on any atom is -0.352 e. The van der Waals surface area contributed by atoms with Crippen molar-refractivity contribution in [1.29, 1.82) is 0 Å². The van der Waals surface area contributed by atoms with E-state index in [1.54, 1.807) is 25.4 Å². The Hall–Kier alpha value is -2.95. The van der Waals surface area contributed by atoms with Gasteiger partial charge in [0, 0.05) is 38.8 Å². The number of halogens is 1. The number of nitrogens with one attached hydrogen (secondary N) is 1. The highest BCUT2D eigenvalue weighted by Gasteiger charge is 2.08. The van der Waals surface area contributed by atoms with Gasteiger partial charge in [-0.25, -0.2) is 4.39 Å². The number of nitrogens with zero attached hydrogens (tertiary/aromatic N) is 3. The molecule has 128 valence electrons. The minimum atomic E-state index is -0.225. The molecule has 3 aromatic rings. The number of hydrogen-bond donors (Lipinski definition) is 1. The van der Waals surface area contributed by atoms with Crippen molar-refractivity contribution >= 4 is 16.9 Å². The highest BCUT2D eigenvalue weighted by molar-refractivity contribution is 5.83. The molecule has 0 bridgehead atoms. The van der Waals surface area contributed by atoms with Crippen molar-refractivity contribution in [3.8, 4) is 0 Å². The number of guanidine groups is 1. The summed E-state index contributed by atoms with van der Waals surface area (Å²) >= 11 is 0. The number of rotatable bonds is 4. The second-order valence-electron chi connectivity index (χ2n) is 5.88. The summed E-state index contributed by atoms with van der Waals surface area (Å²) in [6.45, 7) is 1.28. The Morgan fingerprint density at radius 3 is 2.64 bits per heavy atom. The van der Waals surface area contributed by atoms with E-state index in [4.69, 9.17) is 0 Å². The van der Waals surface area contributed by atoms with Gasteiger partial charge in [0.25, 0.3) is 0 Å². The van der Waals surface area contributed by atoms with Gasteiger partial charge in [-0.1, -0.05) is 36.4 Å². The Morgan fingerprint density at radius 1 is 1.12 bits per heavy atom. The maximum Gasteiger partial charge on any atom is 0.193 e. The summed E-state index contributed by atoms with van der Waals surface area (Å²) < 4.78 is 13.0. The van der Waals surface area contributed by atoms with E-state index in [0.717, 1.165) is 28.0 Å². The molecule has 0 radical (unpaired) electrons. The summed E-state index contributed by atoms with van der Waals surface area (Å²) in [6, 6.07) is 16.7. The molecule has 0 saturated carbocycles. The fraction of sp³-hybridized carbons (Fsp3) is 0.200. The maximum atomic E-state index is 13.0. The van der Waals surface area contributed by atoms with E-state index in [-0.39, 0.29) is 5.82 Å². The molecule has 25 heavy (non-hydrogen) atoms. The molecule has 0 spiro atoms. The van der Waals surface area contributed by atoms with E-state index < -0.39 is 0 Å². The fourth-order valence-corrected chi connectivity index (χ4v) is 2.81. The predicted octanol–water partition coefficient (Wildman–Crippen LogP) is 3.58. The third-order valence-electron chi connectivity index (χ3n) is 4.06. The molecule has 0 aliphatic heterocycles. The Kier molecular flexibility index (Phi) is 5.23. The monoisotopic (exact) mass is 336 g/mol. The molecular formula is C20H21FN4. The lowest BCUT2D eigenvalue weighted by Crippen LogP contribution is -2.38. The molecule has 4 nitrogen and oxygen atoms in total. The minimum absolute atomic E-state index is 0.225. The molecule has 0 unspecified atom stereocenters. The fourth-order valence-electron chi connectivity index (χ4n) is 2.81. The molecule has 2 aromatic carbocycles. The van der Waals surface area contributed by atoms with Crippen molar-refractivity contribution in [1.82, 2.24) is 15.2 Å². The first-order valence-corrected chi connectivity index (χ1v) is 8.16. The summed E-state index contributed by atoms with van der Waals surface area (Å²) in [7, 11) is 3.71. The van der Waals surface area contributed by atoms with Crippen LogP contribution in [0.1, 0.15) is 11.1 Å². The molecule has 5 heteroatoms. The molecule has 1 aromatic heterocycles. The van der Waals surface area contributed by atoms with Gasteiger partial charge in [-0.15, -0.1) is 0 Å². The molecule has 0 saturated heterocycles. The smallest absolute Gasteiger partial charge is 0.193 e. The SMILES string of the molecule is CN=C(NCc1cccc2cccnc12)N(C)Cc1ccc(F)cc1. The molecule has 1 N–H and O–H groups in total. The number of pyridine rings is 1. The summed E-state index contributed by atoms with van der Waals surface area (Å²) in [4.78, 5) is 10.8. The van der Waals surface area contributed by atoms with Gasteiger partial charge in [0.15, 0.2) is 5.96 Å². The average Bonchev–Trinajstić information content (AvgIpc) is 2.64. The van der Waals surface area contributed by atoms with Crippen molar-refractivity contribution < 1.29 is 4.39 Å². The molecule has 0 atom stereocenters. The van der Waals surface area contributed by atoms with Gasteiger partial charge >= 0.3 is 0 Å². The first-order chi connectivity index (χ1) is 12.2. The molecule has 3 rings (SSSR count). The summed E-state index contributed by atoms with van der Waals surface area (Å²) in [5, 5.41) is 4.49. The zero-order valence-electron chi connectivity index (χ0n) is 14.4. The van der Waals surface area contributed by atoms with Gasteiger partial charge in [-0.05, 0) is 29.3 Å². The van der Waals surface area contributed by atoms with E-state index in [1.165, 1.54) is 12.1 Å². The van der Waals surface area contributed by atoms with Crippen LogP contribution in [-0.2, 0) is 13.1 Å². The highest BCUT2D eigenvalue weighted by atomic mass is 19.1. The topological polar surface area (TPSA) is 40.5 Å². The lowest BCUT2D eigenvalue weighted by atomic mass is 10.1. The molecule has 0 aliphatic rings. The number of hydrogen-bond acceptors (Lipinski definition) is 2. The number of aliphatic imine (C=N–C) groups is 1. The van der Waals surface area contributed by atoms with Gasteiger partial charge < -0.3 is 10.2 Å². The van der Waals surface area contributed by atoms with E-state index in [9.17, 15) is 4.39 Å². The average molecular weight is 336 g/mol. The van der Waals surface area contributed by atoms with E-state index >= 15 is 0 Å². The van der Waals surface area contributed by atoms with E-state index in [0.29, 0.717) is 13.1 Å². The van der Waals surface area contributed by atoms with Gasteiger partial charge in [0.2, 0.25) is 0 Å². The van der Waals surface area contributed by atoms with Crippen LogP contribution in [0.25, 0.3) is 10.9 Å². The van der Waals surface area contributed by atoms with Gasteiger partial charge in [-0.3, -0.25) is 9.98 Å². The van der Waals surface area contributed by atoms with Crippen LogP contribution in [0.15, 0.2) is 65.8 Å². The zero-order valence-corrected chi connectivity index (χ0v) is 14.4. The van der Waals surface area contributed by atoms with Crippen LogP contribution in [-0.4, -0.2) is 29.9 Å². The Morgan fingerprint density at radius 2 is 1.88 bits per heavy atom. The summed E-state index contributed by atoms with van der Waals surface area (Å²) in [5.74, 6) is 0.551. The maximum absolute atomic E-state index is 13.0. The second kappa shape index (κ2) is 7.75. The third-order valence-corrected chi connectivity index (χ3v) is 4.06. The molecule has 0 aliphatic carbocycles. The van der Waals surface area contributed by atoms with E-state index in [1.807, 2.05) is 24.1 Å². The Labute approximate surface area is 147 Å². The summed E-state index contributed by atoms with van der Waals surface area (Å²) in [6.07, 6.45) is 1.81. The van der Waals surface area contributed by atoms with Crippen LogP contribution in [0.4, 0.5) is 4.39 Å². The lowest BCUT2D eigenvalue weighted by Gasteiger charge is -2.22. The quantitative estimate of drug-likeness (QED) is 0.585. The normalized spacial score (nSPS) is 11.6. The zero-order chi connectivity index (χ0) is 17.6. The number of para-hydroxylation sites is 1. The van der Waals surface area contributed by atoms with Crippen molar-refractivity contribution in [3.63, 3.8) is 0 Å². The molecule has 0 fully saturated rings. The first kappa shape index (κ1) is 16.9. The predicted molar refractivity (Wildman–Crippen MR) is 99.8 cm³/mol. The van der Waals surface area contributed by atoms with Crippen LogP contribution in [0.5, 0.6) is 0 Å². The van der Waals surface area contributed by atoms with Gasteiger partial charge in [0.05, 0.1) is 5.52 Å². The second-order valence-corrected chi connectivity index (χ2v) is 5.88. The highest BCUT2D eigenvalue weighted by Crippen LogP contribution is 2.15. The van der Waals surface area contributed by atoms with Crippen molar-refractivity contribution in [3.05, 3.63) is 77.7 Å². The molecule has 0 amide bonds. The standard InChI is InChI=1S/C20H21FN4/c1-22-20(25(2)14-15-8-10-18(21)11-9-15)24-13-17-6-3-5-16-7-4-12-23-19(16)17/h3-12H,13-14H2,1-2H3,(H,22,24). The summed E-state index contributed by atoms with van der Waals surface area (Å²) in [5.41, 5.74) is 3.14. The van der Waals surface area contributed by atoms with Crippen molar-refractivity contribution in [2.24, 2.45) is 4.99 Å². The van der Waals surface area contributed by atoms with Crippen molar-refractivity contribution in [2.75, 3.05) is 14.1 Å². The lowest BCUT2D eigenvalue weighted by molar-refractivity contribution is 0.476. The molecular weight excluding hydrogens is 315 g/mol. The van der Waals surface area contributed by atoms with Crippen LogP contribution >= 0.6 is 0 Å². The van der Waals surface area contributed by atoms with Gasteiger partial charge in [0.1, 0.15) is 5.82 Å². The number of fused-ring (bicyclic) bond motifs is 1. The van der Waals surface area contributed by atoms with Crippen LogP contribution < -0.4 is 5.32 Å². The van der Waals surface area contributed by atoms with Gasteiger partial charge in [-0.2, -0.15) is 0 Å². The third kappa shape index (κ3) is 4.12. The largest absolute Gasteiger partial charge is 0.352 e. The molecule has 1 heterocycles. The Balaban J connectivity index is 1.68. The van der Waals surface area contributed by atoms with Crippen LogP contribution in [0.3, 0.4) is 0 Å². The first-order valence-electron chi connectivity index (χ1n) is 8.16. The van der Waals surface area contributed by atoms with Crippen LogP contribution in [0.2, 0.25) is 0 Å². The van der Waals surface area contributed by atoms with Crippen LogP contribution in [0, 0.1) is 5.82 Å².